The maximum Gasteiger partial charge on any atom is 0.234 e. The van der Waals surface area contributed by atoms with E-state index in [0.29, 0.717) is 22.3 Å². The Morgan fingerprint density at radius 3 is 0.957 bits per heavy atom. The Morgan fingerprint density at radius 1 is 0.413 bits per heavy atom. The van der Waals surface area contributed by atoms with E-state index in [4.69, 9.17) is 0 Å². The molecule has 5 nitrogen and oxygen atoms in total. The number of carbonyl (C=O) groups is 4. The highest BCUT2D eigenvalue weighted by Gasteiger charge is 2.22. The number of hydrogen-bond acceptors (Lipinski definition) is 5. The molecule has 0 aliphatic rings. The summed E-state index contributed by atoms with van der Waals surface area (Å²) < 4.78 is 10.1. The van der Waals surface area contributed by atoms with E-state index in [-0.39, 0.29) is 8.46 Å². The fourth-order valence-electron chi connectivity index (χ4n) is 5.23. The lowest BCUT2D eigenvalue weighted by atomic mass is 9.93. The van der Waals surface area contributed by atoms with Gasteiger partial charge in [-0.05, 0) is 75.9 Å². The van der Waals surface area contributed by atoms with Crippen LogP contribution in [0.3, 0.4) is 0 Å². The summed E-state index contributed by atoms with van der Waals surface area (Å²) in [6.07, 6.45) is 0. The van der Waals surface area contributed by atoms with Crippen molar-refractivity contribution in [1.29, 1.82) is 0 Å². The van der Waals surface area contributed by atoms with Crippen molar-refractivity contribution >= 4 is 36.9 Å². The lowest BCUT2D eigenvalue weighted by Gasteiger charge is -2.09. The van der Waals surface area contributed by atoms with Gasteiger partial charge < -0.3 is 0 Å². The number of rotatable bonds is 7. The summed E-state index contributed by atoms with van der Waals surface area (Å²) in [5, 5.41) is 0.826. The first-order valence-electron chi connectivity index (χ1n) is 14.8. The molecular weight excluding hydrogens is 591 g/mol. The standard InChI is InChI=1S/2C17H16O2.C6H5OP/c2*1-11-9-12(2)15(13(3)10-11)17(19)16(18)14-7-5-4-6-8-14;7-8-6-4-2-1-3-5-6/h2*4-10H,1-3H3;1-5H. The lowest BCUT2D eigenvalue weighted by molar-refractivity contribution is 0.0816. The zero-order valence-corrected chi connectivity index (χ0v) is 27.9. The fourth-order valence-corrected chi connectivity index (χ4v) is 5.53. The molecule has 5 aromatic carbocycles. The lowest BCUT2D eigenvalue weighted by Crippen LogP contribution is -2.17. The molecule has 0 N–H and O–H groups in total. The van der Waals surface area contributed by atoms with Crippen LogP contribution in [0.5, 0.6) is 0 Å². The average molecular weight is 629 g/mol. The van der Waals surface area contributed by atoms with Crippen LogP contribution in [-0.4, -0.2) is 23.1 Å². The van der Waals surface area contributed by atoms with Crippen LogP contribution < -0.4 is 5.30 Å². The molecule has 5 aromatic rings. The Kier molecular flexibility index (Phi) is 12.9. The number of benzene rings is 5. The summed E-state index contributed by atoms with van der Waals surface area (Å²) in [5.41, 5.74) is 7.53. The number of carbonyl (C=O) groups excluding carboxylic acids is 4. The molecule has 0 amide bonds. The van der Waals surface area contributed by atoms with Crippen LogP contribution in [0, 0.1) is 41.5 Å². The molecule has 0 spiro atoms. The van der Waals surface area contributed by atoms with Gasteiger partial charge in [-0.3, -0.25) is 23.7 Å². The third-order valence-electron chi connectivity index (χ3n) is 7.15. The maximum atomic E-state index is 12.3. The summed E-state index contributed by atoms with van der Waals surface area (Å²) in [7, 11) is 0.0994. The smallest absolute Gasteiger partial charge is 0.234 e. The SMILES string of the molecule is Cc1cc(C)c(C(=O)C(=O)c2ccccc2)c(C)c1.Cc1cc(C)c(C(=O)C(=O)c2ccccc2)c(C)c1.O=Pc1ccccc1. The second kappa shape index (κ2) is 16.8. The van der Waals surface area contributed by atoms with Crippen LogP contribution >= 0.6 is 8.46 Å². The average Bonchev–Trinajstić information content (AvgIpc) is 3.04. The van der Waals surface area contributed by atoms with Crippen LogP contribution in [0.25, 0.3) is 0 Å². The van der Waals surface area contributed by atoms with Gasteiger partial charge in [0.25, 0.3) is 0 Å². The van der Waals surface area contributed by atoms with Gasteiger partial charge in [0, 0.05) is 27.6 Å². The quantitative estimate of drug-likeness (QED) is 0.102. The highest BCUT2D eigenvalue weighted by atomic mass is 31.1. The molecule has 5 rings (SSSR count). The second-order valence-electron chi connectivity index (χ2n) is 11.0. The molecule has 0 bridgehead atoms. The summed E-state index contributed by atoms with van der Waals surface area (Å²) in [5.74, 6) is -1.76. The number of ketones is 4. The molecule has 0 saturated carbocycles. The fraction of sp³-hybridized carbons (Fsp3) is 0.150. The molecule has 0 radical (unpaired) electrons. The zero-order chi connectivity index (χ0) is 33.8. The van der Waals surface area contributed by atoms with Crippen molar-refractivity contribution in [2.45, 2.75) is 41.5 Å². The van der Waals surface area contributed by atoms with Crippen molar-refractivity contribution < 1.29 is 23.7 Å². The Morgan fingerprint density at radius 2 is 0.696 bits per heavy atom. The van der Waals surface area contributed by atoms with E-state index in [9.17, 15) is 23.7 Å². The molecule has 0 unspecified atom stereocenters. The van der Waals surface area contributed by atoms with Gasteiger partial charge >= 0.3 is 0 Å². The maximum absolute atomic E-state index is 12.3. The van der Waals surface area contributed by atoms with E-state index < -0.39 is 23.1 Å². The van der Waals surface area contributed by atoms with Crippen molar-refractivity contribution in [2.75, 3.05) is 0 Å². The highest BCUT2D eigenvalue weighted by molar-refractivity contribution is 7.34. The van der Waals surface area contributed by atoms with Crippen LogP contribution in [0.2, 0.25) is 0 Å². The molecule has 0 atom stereocenters. The van der Waals surface area contributed by atoms with Gasteiger partial charge in [0.05, 0.1) is 0 Å². The van der Waals surface area contributed by atoms with Gasteiger partial charge in [-0.15, -0.1) is 0 Å². The molecule has 232 valence electrons. The van der Waals surface area contributed by atoms with E-state index in [1.807, 2.05) is 108 Å². The Hall–Kier alpha value is -5.12. The van der Waals surface area contributed by atoms with Crippen molar-refractivity contribution in [3.8, 4) is 0 Å². The van der Waals surface area contributed by atoms with Crippen molar-refractivity contribution in [3.63, 3.8) is 0 Å². The van der Waals surface area contributed by atoms with Crippen LogP contribution in [-0.2, 0) is 4.57 Å². The highest BCUT2D eigenvalue weighted by Crippen LogP contribution is 2.20. The Bertz CT molecular complexity index is 1700. The van der Waals surface area contributed by atoms with E-state index >= 15 is 0 Å². The number of Topliss-reactive ketones (excluding diaryl/α,β-unsaturated/α-hetero) is 4. The number of aryl methyl sites for hydroxylation is 6. The van der Waals surface area contributed by atoms with E-state index in [2.05, 4.69) is 0 Å². The minimum atomic E-state index is -0.448. The third-order valence-corrected chi connectivity index (χ3v) is 7.66. The van der Waals surface area contributed by atoms with Crippen molar-refractivity contribution in [3.05, 3.63) is 171 Å². The van der Waals surface area contributed by atoms with Gasteiger partial charge in [0.15, 0.2) is 8.46 Å². The zero-order valence-electron chi connectivity index (χ0n) is 27.0. The molecular formula is C40H37O5P. The third kappa shape index (κ3) is 9.44. The van der Waals surface area contributed by atoms with E-state index in [1.54, 1.807) is 48.5 Å². The molecule has 0 aliphatic carbocycles. The van der Waals surface area contributed by atoms with Gasteiger partial charge in [-0.1, -0.05) is 114 Å². The molecule has 0 aromatic heterocycles. The topological polar surface area (TPSA) is 85.3 Å². The van der Waals surface area contributed by atoms with Gasteiger partial charge in [-0.2, -0.15) is 0 Å². The van der Waals surface area contributed by atoms with Crippen molar-refractivity contribution in [2.24, 2.45) is 0 Å². The largest absolute Gasteiger partial charge is 0.285 e. The van der Waals surface area contributed by atoms with Crippen LogP contribution in [0.4, 0.5) is 0 Å². The molecule has 0 fully saturated rings. The molecule has 0 heterocycles. The minimum Gasteiger partial charge on any atom is -0.285 e. The summed E-state index contributed by atoms with van der Waals surface area (Å²) in [4.78, 5) is 49.1. The van der Waals surface area contributed by atoms with Gasteiger partial charge in [-0.25, -0.2) is 0 Å². The van der Waals surface area contributed by atoms with Gasteiger partial charge in [0.2, 0.25) is 23.1 Å². The van der Waals surface area contributed by atoms with E-state index in [1.165, 1.54) is 0 Å². The van der Waals surface area contributed by atoms with Gasteiger partial charge in [0.1, 0.15) is 0 Å². The normalized spacial score (nSPS) is 10.1. The monoisotopic (exact) mass is 628 g/mol. The molecule has 6 heteroatoms. The first-order chi connectivity index (χ1) is 21.9. The number of hydrogen-bond donors (Lipinski definition) is 0. The first-order valence-corrected chi connectivity index (χ1v) is 15.6. The second-order valence-corrected chi connectivity index (χ2v) is 11.7. The molecule has 0 aliphatic heterocycles. The summed E-state index contributed by atoms with van der Waals surface area (Å²) in [6, 6.07) is 34.3. The van der Waals surface area contributed by atoms with Crippen molar-refractivity contribution in [1.82, 2.24) is 0 Å². The summed E-state index contributed by atoms with van der Waals surface area (Å²) in [6.45, 7) is 11.4. The van der Waals surface area contributed by atoms with Crippen LogP contribution in [0.1, 0.15) is 74.8 Å². The van der Waals surface area contributed by atoms with Crippen LogP contribution in [0.15, 0.2) is 115 Å². The Balaban J connectivity index is 0.000000203. The molecule has 0 saturated heterocycles. The Labute approximate surface area is 272 Å². The molecule has 46 heavy (non-hydrogen) atoms. The van der Waals surface area contributed by atoms with E-state index in [0.717, 1.165) is 38.7 Å². The summed E-state index contributed by atoms with van der Waals surface area (Å²) >= 11 is 0. The predicted molar refractivity (Wildman–Crippen MR) is 185 cm³/mol. The predicted octanol–water partition coefficient (Wildman–Crippen LogP) is 8.96. The first kappa shape index (κ1) is 35.4. The minimum absolute atomic E-state index is 0.0994.